The zero-order chi connectivity index (χ0) is 18.9. The Labute approximate surface area is 152 Å². The maximum absolute atomic E-state index is 12.7. The number of urea groups is 1. The number of rotatable bonds is 5. The van der Waals surface area contributed by atoms with E-state index in [4.69, 9.17) is 9.47 Å². The molecular formula is C19H23N3O4. The van der Waals surface area contributed by atoms with E-state index in [2.05, 4.69) is 10.7 Å². The first kappa shape index (κ1) is 19.1. The third-order valence-corrected chi connectivity index (χ3v) is 3.31. The van der Waals surface area contributed by atoms with Crippen LogP contribution in [0, 0.1) is 5.92 Å². The van der Waals surface area contributed by atoms with Gasteiger partial charge in [-0.05, 0) is 42.3 Å². The van der Waals surface area contributed by atoms with Gasteiger partial charge in [-0.15, -0.1) is 0 Å². The lowest BCUT2D eigenvalue weighted by Gasteiger charge is -2.23. The fourth-order valence-electron chi connectivity index (χ4n) is 2.03. The van der Waals surface area contributed by atoms with Crippen molar-refractivity contribution >= 4 is 23.5 Å². The monoisotopic (exact) mass is 357 g/mol. The summed E-state index contributed by atoms with van der Waals surface area (Å²) in [6.45, 7) is 4.11. The number of amides is 3. The zero-order valence-corrected chi connectivity index (χ0v) is 15.1. The molecule has 2 aromatic rings. The minimum absolute atomic E-state index is 0.188. The van der Waals surface area contributed by atoms with E-state index in [-0.39, 0.29) is 12.5 Å². The number of methoxy groups -OCH3 is 1. The summed E-state index contributed by atoms with van der Waals surface area (Å²) in [4.78, 5) is 24.7. The predicted octanol–water partition coefficient (Wildman–Crippen LogP) is 4.03. The number of nitrogens with zero attached hydrogens (tertiary/aromatic N) is 1. The molecule has 0 aliphatic heterocycles. The molecule has 0 radical (unpaired) electrons. The Morgan fingerprint density at radius 1 is 1.04 bits per heavy atom. The lowest BCUT2D eigenvalue weighted by atomic mass is 10.2. The van der Waals surface area contributed by atoms with Gasteiger partial charge >= 0.3 is 12.1 Å². The van der Waals surface area contributed by atoms with Crippen LogP contribution in [0.5, 0.6) is 5.75 Å². The lowest BCUT2D eigenvalue weighted by Crippen LogP contribution is -2.49. The number of hydrogen-bond donors (Lipinski definition) is 2. The van der Waals surface area contributed by atoms with Crippen LogP contribution in [0.25, 0.3) is 0 Å². The summed E-state index contributed by atoms with van der Waals surface area (Å²) >= 11 is 0. The summed E-state index contributed by atoms with van der Waals surface area (Å²) < 4.78 is 10.2. The number of nitrogens with one attached hydrogen (secondary N) is 2. The smallest absolute Gasteiger partial charge is 0.426 e. The molecule has 0 fully saturated rings. The third-order valence-electron chi connectivity index (χ3n) is 3.31. The van der Waals surface area contributed by atoms with Crippen molar-refractivity contribution in [3.8, 4) is 5.75 Å². The average Bonchev–Trinajstić information content (AvgIpc) is 2.65. The van der Waals surface area contributed by atoms with Crippen LogP contribution in [-0.4, -0.2) is 25.8 Å². The van der Waals surface area contributed by atoms with Gasteiger partial charge in [-0.3, -0.25) is 0 Å². The first-order valence-electron chi connectivity index (χ1n) is 8.23. The van der Waals surface area contributed by atoms with E-state index < -0.39 is 12.1 Å². The van der Waals surface area contributed by atoms with E-state index in [1.54, 1.807) is 55.6 Å². The number of hydrazine groups is 1. The van der Waals surface area contributed by atoms with Crippen molar-refractivity contribution in [3.63, 3.8) is 0 Å². The summed E-state index contributed by atoms with van der Waals surface area (Å²) in [7, 11) is 1.55. The molecule has 0 bridgehead atoms. The molecule has 3 amide bonds. The quantitative estimate of drug-likeness (QED) is 0.792. The summed E-state index contributed by atoms with van der Waals surface area (Å²) in [5.41, 5.74) is 3.53. The largest absolute Gasteiger partial charge is 0.497 e. The third kappa shape index (κ3) is 5.70. The molecule has 0 atom stereocenters. The molecule has 0 heterocycles. The van der Waals surface area contributed by atoms with Gasteiger partial charge in [0.1, 0.15) is 5.75 Å². The first-order chi connectivity index (χ1) is 12.5. The summed E-state index contributed by atoms with van der Waals surface area (Å²) in [6.07, 6.45) is -0.710. The van der Waals surface area contributed by atoms with Gasteiger partial charge in [0.15, 0.2) is 0 Å². The molecule has 7 heteroatoms. The average molecular weight is 357 g/mol. The van der Waals surface area contributed by atoms with E-state index in [1.165, 1.54) is 0 Å². The Hall–Kier alpha value is -3.22. The van der Waals surface area contributed by atoms with Crippen molar-refractivity contribution in [2.24, 2.45) is 5.92 Å². The van der Waals surface area contributed by atoms with Gasteiger partial charge in [0.25, 0.3) is 0 Å². The van der Waals surface area contributed by atoms with Crippen molar-refractivity contribution < 1.29 is 19.1 Å². The van der Waals surface area contributed by atoms with E-state index in [9.17, 15) is 9.59 Å². The maximum Gasteiger partial charge on any atom is 0.426 e. The van der Waals surface area contributed by atoms with Gasteiger partial charge in [-0.1, -0.05) is 32.0 Å². The van der Waals surface area contributed by atoms with E-state index >= 15 is 0 Å². The lowest BCUT2D eigenvalue weighted by molar-refractivity contribution is 0.132. The molecule has 0 unspecified atom stereocenters. The number of hydrogen-bond acceptors (Lipinski definition) is 4. The molecule has 0 aromatic heterocycles. The molecule has 26 heavy (non-hydrogen) atoms. The second-order valence-corrected chi connectivity index (χ2v) is 5.93. The fraction of sp³-hybridized carbons (Fsp3) is 0.263. The Bertz CT molecular complexity index is 717. The molecule has 0 saturated heterocycles. The van der Waals surface area contributed by atoms with Crippen LogP contribution in [0.2, 0.25) is 0 Å². The molecule has 0 spiro atoms. The first-order valence-corrected chi connectivity index (χ1v) is 8.23. The Kier molecular flexibility index (Phi) is 6.84. The van der Waals surface area contributed by atoms with Gasteiger partial charge in [-0.2, -0.15) is 5.01 Å². The Morgan fingerprint density at radius 3 is 2.27 bits per heavy atom. The van der Waals surface area contributed by atoms with E-state index in [1.807, 2.05) is 19.9 Å². The van der Waals surface area contributed by atoms with Gasteiger partial charge in [-0.25, -0.2) is 15.0 Å². The molecule has 7 nitrogen and oxygen atoms in total. The van der Waals surface area contributed by atoms with Gasteiger partial charge in [0, 0.05) is 5.69 Å². The second-order valence-electron chi connectivity index (χ2n) is 5.93. The van der Waals surface area contributed by atoms with Crippen LogP contribution in [0.3, 0.4) is 0 Å². The predicted molar refractivity (Wildman–Crippen MR) is 100 cm³/mol. The summed E-state index contributed by atoms with van der Waals surface area (Å²) in [5.74, 6) is 0.827. The Morgan fingerprint density at radius 2 is 1.69 bits per heavy atom. The highest BCUT2D eigenvalue weighted by Crippen LogP contribution is 2.19. The van der Waals surface area contributed by atoms with Gasteiger partial charge in [0.05, 0.1) is 19.4 Å². The number of ether oxygens (including phenoxy) is 2. The summed E-state index contributed by atoms with van der Waals surface area (Å²) in [5, 5.41) is 3.82. The number of carbonyl (C=O) groups excluding carboxylic acids is 2. The van der Waals surface area contributed by atoms with Crippen LogP contribution in [-0.2, 0) is 4.74 Å². The second kappa shape index (κ2) is 9.31. The van der Waals surface area contributed by atoms with Gasteiger partial charge in [0.2, 0.25) is 0 Å². The van der Waals surface area contributed by atoms with Crippen molar-refractivity contribution in [1.82, 2.24) is 5.43 Å². The number of anilines is 2. The molecule has 0 aliphatic rings. The van der Waals surface area contributed by atoms with Crippen LogP contribution in [0.1, 0.15) is 13.8 Å². The highest BCUT2D eigenvalue weighted by molar-refractivity contribution is 6.02. The molecule has 2 rings (SSSR count). The minimum atomic E-state index is -0.710. The van der Waals surface area contributed by atoms with Crippen LogP contribution < -0.4 is 20.5 Å². The number of carbonyl (C=O) groups is 2. The number of benzene rings is 2. The minimum Gasteiger partial charge on any atom is -0.497 e. The SMILES string of the molecule is COc1ccc(N(NC(=O)OCC(C)C)C(=O)Nc2ccccc2)cc1. The van der Waals surface area contributed by atoms with E-state index in [0.29, 0.717) is 17.1 Å². The topological polar surface area (TPSA) is 79.9 Å². The molecule has 2 aromatic carbocycles. The molecule has 2 N–H and O–H groups in total. The van der Waals surface area contributed by atoms with Crippen molar-refractivity contribution in [2.75, 3.05) is 24.0 Å². The van der Waals surface area contributed by atoms with Crippen molar-refractivity contribution in [2.45, 2.75) is 13.8 Å². The van der Waals surface area contributed by atoms with Crippen molar-refractivity contribution in [1.29, 1.82) is 0 Å². The normalized spacial score (nSPS) is 10.2. The van der Waals surface area contributed by atoms with Crippen molar-refractivity contribution in [3.05, 3.63) is 54.6 Å². The molecular weight excluding hydrogens is 334 g/mol. The van der Waals surface area contributed by atoms with Crippen LogP contribution in [0.15, 0.2) is 54.6 Å². The van der Waals surface area contributed by atoms with E-state index in [0.717, 1.165) is 5.01 Å². The van der Waals surface area contributed by atoms with Gasteiger partial charge < -0.3 is 14.8 Å². The van der Waals surface area contributed by atoms with Crippen LogP contribution >= 0.6 is 0 Å². The Balaban J connectivity index is 2.16. The maximum atomic E-state index is 12.7. The molecule has 138 valence electrons. The highest BCUT2D eigenvalue weighted by atomic mass is 16.6. The standard InChI is InChI=1S/C19H23N3O4/c1-14(2)13-26-19(24)21-22(16-9-11-17(25-3)12-10-16)18(23)20-15-7-5-4-6-8-15/h4-12,14H,13H2,1-3H3,(H,20,23)(H,21,24). The number of para-hydroxylation sites is 1. The molecule has 0 saturated carbocycles. The highest BCUT2D eigenvalue weighted by Gasteiger charge is 2.20. The fourth-order valence-corrected chi connectivity index (χ4v) is 2.03. The van der Waals surface area contributed by atoms with Crippen LogP contribution in [0.4, 0.5) is 21.0 Å². The zero-order valence-electron chi connectivity index (χ0n) is 15.1. The summed E-state index contributed by atoms with van der Waals surface area (Å²) in [6, 6.07) is 15.1. The molecule has 0 aliphatic carbocycles.